The average molecular weight is 517 g/mol. The van der Waals surface area contributed by atoms with Crippen molar-refractivity contribution in [2.75, 3.05) is 64.0 Å². The fourth-order valence-corrected chi connectivity index (χ4v) is 9.41. The van der Waals surface area contributed by atoms with Gasteiger partial charge in [0.15, 0.2) is 0 Å². The van der Waals surface area contributed by atoms with Gasteiger partial charge in [-0.2, -0.15) is 0 Å². The third-order valence-corrected chi connectivity index (χ3v) is 15.1. The molecule has 0 aromatic rings. The molecule has 9 nitrogen and oxygen atoms in total. The van der Waals surface area contributed by atoms with E-state index in [4.69, 9.17) is 39.8 Å². The molecule has 194 valence electrons. The molecule has 0 aromatic heterocycles. The van der Waals surface area contributed by atoms with Crippen molar-refractivity contribution >= 4 is 26.4 Å². The minimum atomic E-state index is -2.58. The van der Waals surface area contributed by atoms with Crippen LogP contribution in [0.15, 0.2) is 0 Å². The topological polar surface area (TPSA) is 83.1 Å². The van der Waals surface area contributed by atoms with Gasteiger partial charge in [-0.15, -0.1) is 0 Å². The lowest BCUT2D eigenvalue weighted by molar-refractivity contribution is 0.116. The predicted molar refractivity (Wildman–Crippen MR) is 131 cm³/mol. The molecule has 0 amide bonds. The third-order valence-electron chi connectivity index (χ3n) is 6.59. The second-order valence-corrected chi connectivity index (χ2v) is 17.5. The van der Waals surface area contributed by atoms with Gasteiger partial charge in [-0.05, 0) is 43.9 Å². The van der Waals surface area contributed by atoms with E-state index < -0.39 is 26.4 Å². The summed E-state index contributed by atoms with van der Waals surface area (Å²) in [7, 11) is 7.20. The van der Waals surface area contributed by atoms with Crippen LogP contribution in [0.5, 0.6) is 0 Å². The van der Waals surface area contributed by atoms with Gasteiger partial charge in [-0.1, -0.05) is 6.92 Å². The van der Waals surface area contributed by atoms with Gasteiger partial charge in [0.2, 0.25) is 0 Å². The lowest BCUT2D eigenvalue weighted by Crippen LogP contribution is -2.43. The molecule has 0 aliphatic rings. The van der Waals surface area contributed by atoms with Crippen molar-refractivity contribution in [3.63, 3.8) is 0 Å². The Morgan fingerprint density at radius 2 is 0.594 bits per heavy atom. The van der Waals surface area contributed by atoms with Crippen LogP contribution in [0.1, 0.15) is 45.4 Å². The first-order valence-corrected chi connectivity index (χ1v) is 16.9. The summed E-state index contributed by atoms with van der Waals surface area (Å²) in [6.07, 6.45) is 5.96. The third kappa shape index (κ3) is 9.88. The largest absolute Gasteiger partial charge is 0.500 e. The molecule has 32 heavy (non-hydrogen) atoms. The van der Waals surface area contributed by atoms with E-state index in [1.165, 1.54) is 0 Å². The van der Waals surface area contributed by atoms with Crippen molar-refractivity contribution in [2.24, 2.45) is 5.41 Å². The van der Waals surface area contributed by atoms with Gasteiger partial charge in [0.25, 0.3) is 0 Å². The van der Waals surface area contributed by atoms with Crippen LogP contribution in [-0.2, 0) is 39.8 Å². The van der Waals surface area contributed by atoms with Crippen molar-refractivity contribution in [3.05, 3.63) is 0 Å². The first-order chi connectivity index (χ1) is 15.2. The summed E-state index contributed by atoms with van der Waals surface area (Å²) >= 11 is 0. The molecule has 0 fully saturated rings. The van der Waals surface area contributed by atoms with Crippen LogP contribution in [0.2, 0.25) is 18.1 Å². The summed E-state index contributed by atoms with van der Waals surface area (Å²) in [6, 6.07) is 2.35. The van der Waals surface area contributed by atoms with Gasteiger partial charge in [-0.3, -0.25) is 0 Å². The van der Waals surface area contributed by atoms with E-state index in [0.29, 0.717) is 0 Å². The van der Waals surface area contributed by atoms with E-state index in [0.717, 1.165) is 56.7 Å². The minimum Gasteiger partial charge on any atom is -0.377 e. The highest BCUT2D eigenvalue weighted by Crippen LogP contribution is 2.38. The monoisotopic (exact) mass is 516 g/mol. The normalized spacial score (nSPS) is 13.7. The van der Waals surface area contributed by atoms with Crippen molar-refractivity contribution in [3.8, 4) is 0 Å². The summed E-state index contributed by atoms with van der Waals surface area (Å²) in [5.41, 5.74) is 0.111. The Balaban J connectivity index is 5.18. The second-order valence-electron chi connectivity index (χ2n) is 8.26. The van der Waals surface area contributed by atoms with Crippen LogP contribution in [0, 0.1) is 5.41 Å². The molecule has 0 N–H and O–H groups in total. The van der Waals surface area contributed by atoms with Gasteiger partial charge in [0.1, 0.15) is 0 Å². The summed E-state index contributed by atoms with van der Waals surface area (Å²) < 4.78 is 50.4. The number of rotatable bonds is 21. The minimum absolute atomic E-state index is 0.111. The maximum Gasteiger partial charge on any atom is 0.500 e. The molecule has 0 atom stereocenters. The summed E-state index contributed by atoms with van der Waals surface area (Å²) in [5.74, 6) is 0. The summed E-state index contributed by atoms with van der Waals surface area (Å²) in [5, 5.41) is 0. The van der Waals surface area contributed by atoms with Gasteiger partial charge in [-0.25, -0.2) is 0 Å². The van der Waals surface area contributed by atoms with Crippen LogP contribution >= 0.6 is 0 Å². The van der Waals surface area contributed by atoms with Gasteiger partial charge < -0.3 is 39.8 Å². The molecule has 0 rings (SSSR count). The van der Waals surface area contributed by atoms with Crippen LogP contribution in [0.25, 0.3) is 0 Å². The van der Waals surface area contributed by atoms with Gasteiger partial charge in [0, 0.05) is 82.1 Å². The quantitative estimate of drug-likeness (QED) is 0.210. The molecule has 0 aliphatic heterocycles. The smallest absolute Gasteiger partial charge is 0.377 e. The molecular weight excluding hydrogens is 468 g/mol. The lowest BCUT2D eigenvalue weighted by Gasteiger charge is -2.33. The molecule has 0 saturated heterocycles. The Morgan fingerprint density at radius 3 is 0.750 bits per heavy atom. The molecule has 0 unspecified atom stereocenters. The molecule has 0 heterocycles. The Kier molecular flexibility index (Phi) is 16.2. The summed E-state index contributed by atoms with van der Waals surface area (Å²) in [6.45, 7) is 2.34. The van der Waals surface area contributed by atoms with E-state index in [9.17, 15) is 0 Å². The van der Waals surface area contributed by atoms with Crippen LogP contribution in [-0.4, -0.2) is 90.4 Å². The van der Waals surface area contributed by atoms with Crippen LogP contribution < -0.4 is 0 Å². The standard InChI is InChI=1S/C20H48O9Si3/c1-20(14-11-17-30(21-2,22-3)23-4,15-12-18-31(24-5,25-6)26-7)16-13-19-32(27-8,28-9)29-10/h11-19H2,1-10H3. The van der Waals surface area contributed by atoms with Crippen molar-refractivity contribution in [2.45, 2.75) is 63.6 Å². The van der Waals surface area contributed by atoms with Crippen LogP contribution in [0.4, 0.5) is 0 Å². The van der Waals surface area contributed by atoms with E-state index in [1.54, 1.807) is 64.0 Å². The fourth-order valence-electron chi connectivity index (χ4n) is 4.24. The second kappa shape index (κ2) is 16.1. The first kappa shape index (κ1) is 32.3. The zero-order valence-corrected chi connectivity index (χ0v) is 25.0. The van der Waals surface area contributed by atoms with E-state index in [1.807, 2.05) is 0 Å². The maximum atomic E-state index is 5.60. The highest BCUT2D eigenvalue weighted by Gasteiger charge is 2.41. The summed E-state index contributed by atoms with van der Waals surface area (Å²) in [4.78, 5) is 0. The zero-order valence-electron chi connectivity index (χ0n) is 22.0. The van der Waals surface area contributed by atoms with Gasteiger partial charge >= 0.3 is 26.4 Å². The Bertz CT molecular complexity index is 384. The highest BCUT2D eigenvalue weighted by atomic mass is 28.4. The lowest BCUT2D eigenvalue weighted by atomic mass is 9.77. The van der Waals surface area contributed by atoms with Crippen molar-refractivity contribution in [1.29, 1.82) is 0 Å². The fraction of sp³-hybridized carbons (Fsp3) is 1.00. The molecule has 0 aromatic carbocycles. The molecule has 0 saturated carbocycles. The number of hydrogen-bond acceptors (Lipinski definition) is 9. The highest BCUT2D eigenvalue weighted by molar-refractivity contribution is 6.61. The van der Waals surface area contributed by atoms with Gasteiger partial charge in [0.05, 0.1) is 0 Å². The Morgan fingerprint density at radius 1 is 0.406 bits per heavy atom. The molecule has 0 radical (unpaired) electrons. The molecule has 0 spiro atoms. The van der Waals surface area contributed by atoms with E-state index >= 15 is 0 Å². The Hall–Kier alpha value is 0.291. The first-order valence-electron chi connectivity index (χ1n) is 11.1. The zero-order chi connectivity index (χ0) is 24.7. The van der Waals surface area contributed by atoms with E-state index in [2.05, 4.69) is 6.92 Å². The van der Waals surface area contributed by atoms with E-state index in [-0.39, 0.29) is 5.41 Å². The molecule has 0 bridgehead atoms. The molecule has 12 heteroatoms. The average Bonchev–Trinajstić information content (AvgIpc) is 2.83. The van der Waals surface area contributed by atoms with Crippen molar-refractivity contribution < 1.29 is 39.8 Å². The predicted octanol–water partition coefficient (Wildman–Crippen LogP) is 3.97. The number of hydrogen-bond donors (Lipinski definition) is 0. The Labute approximate surface area is 199 Å². The molecule has 0 aliphatic carbocycles. The molecular formula is C20H48O9Si3. The SMILES string of the molecule is CO[Si](CCCC(C)(CCC[Si](OC)(OC)OC)CCC[Si](OC)(OC)OC)(OC)OC. The maximum absolute atomic E-state index is 5.60. The van der Waals surface area contributed by atoms with Crippen LogP contribution in [0.3, 0.4) is 0 Å². The van der Waals surface area contributed by atoms with Crippen molar-refractivity contribution in [1.82, 2.24) is 0 Å².